The molecule has 0 spiro atoms. The Morgan fingerprint density at radius 3 is 3.15 bits per heavy atom. The fourth-order valence-electron chi connectivity index (χ4n) is 1.18. The van der Waals surface area contributed by atoms with Crippen LogP contribution in [0, 0.1) is 5.92 Å². The second-order valence-corrected chi connectivity index (χ2v) is 5.22. The van der Waals surface area contributed by atoms with Gasteiger partial charge in [0.25, 0.3) is 0 Å². The molecule has 1 aliphatic rings. The highest BCUT2D eigenvalue weighted by atomic mass is 32.2. The minimum Gasteiger partial charge on any atom is -0.381 e. The number of anilines is 1. The fraction of sp³-hybridized carbons (Fsp3) is 0.714. The quantitative estimate of drug-likeness (QED) is 0.772. The number of thioether (sulfide) groups is 1. The number of nitrogens with zero attached hydrogens (tertiary/aromatic N) is 2. The summed E-state index contributed by atoms with van der Waals surface area (Å²) in [6, 6.07) is 0. The van der Waals surface area contributed by atoms with E-state index in [0.717, 1.165) is 23.3 Å². The standard InChI is InChI=1S/C7H11N3OS2/c8-6-9-10-7(13-6)12-4-5-1-2-11-3-5/h5H,1-4H2,(H2,8,9). The minimum absolute atomic E-state index is 0.546. The topological polar surface area (TPSA) is 61.0 Å². The van der Waals surface area contributed by atoms with E-state index in [-0.39, 0.29) is 0 Å². The van der Waals surface area contributed by atoms with Crippen molar-refractivity contribution in [1.82, 2.24) is 10.2 Å². The van der Waals surface area contributed by atoms with Crippen LogP contribution in [0.5, 0.6) is 0 Å². The first-order valence-corrected chi connectivity index (χ1v) is 5.94. The Kier molecular flexibility index (Phi) is 3.02. The number of aromatic nitrogens is 2. The zero-order valence-corrected chi connectivity index (χ0v) is 8.74. The zero-order chi connectivity index (χ0) is 9.10. The van der Waals surface area contributed by atoms with Gasteiger partial charge in [0.2, 0.25) is 5.13 Å². The molecule has 0 amide bonds. The summed E-state index contributed by atoms with van der Waals surface area (Å²) in [5.74, 6) is 1.74. The average Bonchev–Trinajstić information content (AvgIpc) is 2.71. The van der Waals surface area contributed by atoms with Gasteiger partial charge in [0.1, 0.15) is 0 Å². The van der Waals surface area contributed by atoms with E-state index in [1.807, 2.05) is 0 Å². The van der Waals surface area contributed by atoms with Crippen molar-refractivity contribution in [3.8, 4) is 0 Å². The second-order valence-electron chi connectivity index (χ2n) is 2.95. The van der Waals surface area contributed by atoms with Gasteiger partial charge in [-0.15, -0.1) is 10.2 Å². The summed E-state index contributed by atoms with van der Waals surface area (Å²) in [5, 5.41) is 8.24. The summed E-state index contributed by atoms with van der Waals surface area (Å²) in [7, 11) is 0. The summed E-state index contributed by atoms with van der Waals surface area (Å²) in [6.07, 6.45) is 1.17. The monoisotopic (exact) mass is 217 g/mol. The lowest BCUT2D eigenvalue weighted by molar-refractivity contribution is 0.189. The van der Waals surface area contributed by atoms with E-state index in [2.05, 4.69) is 10.2 Å². The predicted octanol–water partition coefficient (Wildman–Crippen LogP) is 1.25. The first-order valence-electron chi connectivity index (χ1n) is 4.14. The number of rotatable bonds is 3. The number of nitrogen functional groups attached to an aromatic ring is 1. The molecule has 6 heteroatoms. The number of ether oxygens (including phenoxy) is 1. The van der Waals surface area contributed by atoms with Crippen LogP contribution in [0.15, 0.2) is 4.34 Å². The van der Waals surface area contributed by atoms with Gasteiger partial charge in [-0.1, -0.05) is 23.1 Å². The van der Waals surface area contributed by atoms with E-state index in [1.54, 1.807) is 11.8 Å². The Bertz CT molecular complexity index is 272. The summed E-state index contributed by atoms with van der Waals surface area (Å²) < 4.78 is 6.24. The molecule has 13 heavy (non-hydrogen) atoms. The Labute approximate surface area is 84.9 Å². The average molecular weight is 217 g/mol. The van der Waals surface area contributed by atoms with E-state index < -0.39 is 0 Å². The third-order valence-electron chi connectivity index (χ3n) is 1.89. The van der Waals surface area contributed by atoms with Crippen LogP contribution < -0.4 is 5.73 Å². The van der Waals surface area contributed by atoms with Crippen LogP contribution in [0.2, 0.25) is 0 Å². The van der Waals surface area contributed by atoms with Crippen molar-refractivity contribution in [2.45, 2.75) is 10.8 Å². The maximum absolute atomic E-state index is 5.47. The number of nitrogens with two attached hydrogens (primary N) is 1. The van der Waals surface area contributed by atoms with Crippen molar-refractivity contribution in [3.63, 3.8) is 0 Å². The van der Waals surface area contributed by atoms with Crippen LogP contribution >= 0.6 is 23.1 Å². The van der Waals surface area contributed by atoms with E-state index in [1.165, 1.54) is 17.8 Å². The summed E-state index contributed by atoms with van der Waals surface area (Å²) in [5.41, 5.74) is 5.47. The van der Waals surface area contributed by atoms with Crippen LogP contribution in [0.1, 0.15) is 6.42 Å². The molecule has 0 saturated carbocycles. The fourth-order valence-corrected chi connectivity index (χ4v) is 2.96. The molecule has 1 aromatic rings. The van der Waals surface area contributed by atoms with Gasteiger partial charge < -0.3 is 10.5 Å². The maximum Gasteiger partial charge on any atom is 0.203 e. The van der Waals surface area contributed by atoms with Gasteiger partial charge in [-0.25, -0.2) is 0 Å². The van der Waals surface area contributed by atoms with Crippen molar-refractivity contribution in [1.29, 1.82) is 0 Å². The molecular formula is C7H11N3OS2. The number of hydrogen-bond acceptors (Lipinski definition) is 6. The molecule has 0 aromatic carbocycles. The normalized spacial score (nSPS) is 22.3. The van der Waals surface area contributed by atoms with Gasteiger partial charge >= 0.3 is 0 Å². The van der Waals surface area contributed by atoms with E-state index in [0.29, 0.717) is 11.0 Å². The molecule has 2 heterocycles. The Morgan fingerprint density at radius 1 is 1.62 bits per heavy atom. The van der Waals surface area contributed by atoms with Gasteiger partial charge in [-0.3, -0.25) is 0 Å². The highest BCUT2D eigenvalue weighted by Crippen LogP contribution is 2.27. The molecule has 72 valence electrons. The molecular weight excluding hydrogens is 206 g/mol. The largest absolute Gasteiger partial charge is 0.381 e. The minimum atomic E-state index is 0.546. The number of hydrogen-bond donors (Lipinski definition) is 1. The Hall–Kier alpha value is -0.330. The van der Waals surface area contributed by atoms with Crippen molar-refractivity contribution in [3.05, 3.63) is 0 Å². The van der Waals surface area contributed by atoms with Crippen molar-refractivity contribution >= 4 is 28.2 Å². The van der Waals surface area contributed by atoms with Crippen LogP contribution in [0.25, 0.3) is 0 Å². The third-order valence-corrected chi connectivity index (χ3v) is 4.01. The molecule has 1 atom stereocenters. The molecule has 2 rings (SSSR count). The third kappa shape index (κ3) is 2.55. The summed E-state index contributed by atoms with van der Waals surface area (Å²) in [4.78, 5) is 0. The van der Waals surface area contributed by atoms with Crippen molar-refractivity contribution in [2.75, 3.05) is 24.7 Å². The second kappa shape index (κ2) is 4.26. The van der Waals surface area contributed by atoms with Crippen molar-refractivity contribution < 1.29 is 4.74 Å². The van der Waals surface area contributed by atoms with Crippen LogP contribution in [0.3, 0.4) is 0 Å². The van der Waals surface area contributed by atoms with E-state index in [4.69, 9.17) is 10.5 Å². The Morgan fingerprint density at radius 2 is 2.54 bits per heavy atom. The highest BCUT2D eigenvalue weighted by Gasteiger charge is 2.16. The van der Waals surface area contributed by atoms with E-state index >= 15 is 0 Å². The lowest BCUT2D eigenvalue weighted by atomic mass is 10.2. The molecule has 2 N–H and O–H groups in total. The smallest absolute Gasteiger partial charge is 0.203 e. The SMILES string of the molecule is Nc1nnc(SCC2CCOC2)s1. The highest BCUT2D eigenvalue weighted by molar-refractivity contribution is 8.01. The molecule has 0 bridgehead atoms. The van der Waals surface area contributed by atoms with Gasteiger partial charge in [-0.2, -0.15) is 0 Å². The molecule has 0 aliphatic carbocycles. The molecule has 1 aromatic heterocycles. The molecule has 4 nitrogen and oxygen atoms in total. The molecule has 1 unspecified atom stereocenters. The predicted molar refractivity (Wildman–Crippen MR) is 54.0 cm³/mol. The van der Waals surface area contributed by atoms with Crippen LogP contribution in [-0.4, -0.2) is 29.2 Å². The lowest BCUT2D eigenvalue weighted by Crippen LogP contribution is -2.01. The van der Waals surface area contributed by atoms with Crippen LogP contribution in [0.4, 0.5) is 5.13 Å². The van der Waals surface area contributed by atoms with Crippen LogP contribution in [-0.2, 0) is 4.74 Å². The van der Waals surface area contributed by atoms with Gasteiger partial charge in [0.15, 0.2) is 4.34 Å². The Balaban J connectivity index is 1.78. The maximum atomic E-state index is 5.47. The molecule has 1 aliphatic heterocycles. The van der Waals surface area contributed by atoms with E-state index in [9.17, 15) is 0 Å². The van der Waals surface area contributed by atoms with Crippen molar-refractivity contribution in [2.24, 2.45) is 5.92 Å². The zero-order valence-electron chi connectivity index (χ0n) is 7.10. The molecule has 0 radical (unpaired) electrons. The van der Waals surface area contributed by atoms with Gasteiger partial charge in [0.05, 0.1) is 6.61 Å². The lowest BCUT2D eigenvalue weighted by Gasteiger charge is -2.02. The first kappa shape index (κ1) is 9.23. The van der Waals surface area contributed by atoms with Gasteiger partial charge in [-0.05, 0) is 12.3 Å². The molecule has 1 fully saturated rings. The first-order chi connectivity index (χ1) is 6.34. The molecule has 1 saturated heterocycles. The summed E-state index contributed by atoms with van der Waals surface area (Å²) >= 11 is 3.17. The van der Waals surface area contributed by atoms with Gasteiger partial charge in [0, 0.05) is 12.4 Å². The summed E-state index contributed by atoms with van der Waals surface area (Å²) in [6.45, 7) is 1.80.